The van der Waals surface area contributed by atoms with Crippen molar-refractivity contribution in [3.05, 3.63) is 30.5 Å². The highest BCUT2D eigenvalue weighted by atomic mass is 15.2. The van der Waals surface area contributed by atoms with Crippen LogP contribution in [-0.2, 0) is 0 Å². The summed E-state index contributed by atoms with van der Waals surface area (Å²) in [5.74, 6) is 0.817. The third kappa shape index (κ3) is 1.96. The number of rotatable bonds is 2. The fourth-order valence-electron chi connectivity index (χ4n) is 3.45. The Bertz CT molecular complexity index is 584. The van der Waals surface area contributed by atoms with E-state index in [1.165, 1.54) is 37.9 Å². The minimum Gasteiger partial charge on any atom is -0.379 e. The van der Waals surface area contributed by atoms with Gasteiger partial charge >= 0.3 is 0 Å². The molecule has 3 fully saturated rings. The minimum atomic E-state index is 0.565. The van der Waals surface area contributed by atoms with Crippen LogP contribution in [0.4, 0.5) is 5.69 Å². The molecule has 4 heteroatoms. The van der Waals surface area contributed by atoms with Gasteiger partial charge in [-0.25, -0.2) is 0 Å². The average molecular weight is 254 g/mol. The zero-order valence-electron chi connectivity index (χ0n) is 10.9. The predicted molar refractivity (Wildman–Crippen MR) is 76.1 cm³/mol. The van der Waals surface area contributed by atoms with Gasteiger partial charge in [0.2, 0.25) is 0 Å². The van der Waals surface area contributed by atoms with E-state index in [1.807, 2.05) is 18.3 Å². The second-order valence-electron chi connectivity index (χ2n) is 5.66. The maximum absolute atomic E-state index is 4.18. The highest BCUT2D eigenvalue weighted by molar-refractivity contribution is 5.90. The number of nitrogens with one attached hydrogen (secondary N) is 1. The second-order valence-corrected chi connectivity index (χ2v) is 5.66. The van der Waals surface area contributed by atoms with E-state index in [2.05, 4.69) is 32.5 Å². The Hall–Kier alpha value is -1.68. The monoisotopic (exact) mass is 254 g/mol. The van der Waals surface area contributed by atoms with Crippen molar-refractivity contribution in [3.8, 4) is 0 Å². The summed E-state index contributed by atoms with van der Waals surface area (Å²) < 4.78 is 0. The van der Waals surface area contributed by atoms with Crippen LogP contribution in [0.25, 0.3) is 10.9 Å². The molecule has 1 atom stereocenters. The van der Waals surface area contributed by atoms with Gasteiger partial charge in [0.05, 0.1) is 17.4 Å². The maximum Gasteiger partial charge on any atom is 0.0950 e. The number of piperidine rings is 3. The quantitative estimate of drug-likeness (QED) is 0.891. The number of hydrogen-bond acceptors (Lipinski definition) is 4. The third-order valence-corrected chi connectivity index (χ3v) is 4.54. The molecule has 5 rings (SSSR count). The van der Waals surface area contributed by atoms with E-state index in [9.17, 15) is 0 Å². The van der Waals surface area contributed by atoms with E-state index in [-0.39, 0.29) is 0 Å². The molecule has 3 saturated heterocycles. The molecule has 3 aliphatic rings. The molecule has 4 heterocycles. The topological polar surface area (TPSA) is 41.0 Å². The van der Waals surface area contributed by atoms with E-state index >= 15 is 0 Å². The van der Waals surface area contributed by atoms with Crippen LogP contribution in [0.5, 0.6) is 0 Å². The van der Waals surface area contributed by atoms with Gasteiger partial charge in [-0.1, -0.05) is 18.2 Å². The van der Waals surface area contributed by atoms with Crippen LogP contribution in [0.2, 0.25) is 0 Å². The molecular formula is C15H18N4. The number of anilines is 1. The highest BCUT2D eigenvalue weighted by Crippen LogP contribution is 2.31. The molecule has 1 aromatic heterocycles. The summed E-state index contributed by atoms with van der Waals surface area (Å²) in [5, 5.41) is 13.2. The van der Waals surface area contributed by atoms with Crippen LogP contribution in [0.1, 0.15) is 12.8 Å². The zero-order valence-corrected chi connectivity index (χ0v) is 10.9. The molecule has 1 unspecified atom stereocenters. The van der Waals surface area contributed by atoms with Gasteiger partial charge < -0.3 is 10.2 Å². The fourth-order valence-corrected chi connectivity index (χ4v) is 3.45. The Morgan fingerprint density at radius 3 is 2.79 bits per heavy atom. The van der Waals surface area contributed by atoms with Crippen molar-refractivity contribution in [2.45, 2.75) is 18.9 Å². The van der Waals surface area contributed by atoms with Crippen LogP contribution < -0.4 is 5.32 Å². The van der Waals surface area contributed by atoms with Crippen molar-refractivity contribution in [2.24, 2.45) is 5.92 Å². The molecule has 1 N–H and O–H groups in total. The number of aromatic nitrogens is 2. The molecule has 4 nitrogen and oxygen atoms in total. The lowest BCUT2D eigenvalue weighted by molar-refractivity contribution is 0.0976. The highest BCUT2D eigenvalue weighted by Gasteiger charge is 2.34. The number of benzene rings is 1. The van der Waals surface area contributed by atoms with Crippen LogP contribution in [0, 0.1) is 5.92 Å². The Balaban J connectivity index is 1.65. The summed E-state index contributed by atoms with van der Waals surface area (Å²) in [5.41, 5.74) is 2.10. The van der Waals surface area contributed by atoms with Gasteiger partial charge in [0.25, 0.3) is 0 Å². The van der Waals surface area contributed by atoms with E-state index in [4.69, 9.17) is 0 Å². The Morgan fingerprint density at radius 2 is 2.00 bits per heavy atom. The Morgan fingerprint density at radius 1 is 1.16 bits per heavy atom. The molecule has 0 radical (unpaired) electrons. The summed E-state index contributed by atoms with van der Waals surface area (Å²) in [6, 6.07) is 8.77. The standard InChI is InChI=1S/C15H18N4/c1-2-4-13-12(3-1)14(9-16-18-13)17-15-10-19-7-5-11(15)6-8-19/h1-4,9,11,15H,5-8,10H2,(H,17,18). The maximum atomic E-state index is 4.18. The first kappa shape index (κ1) is 11.2. The SMILES string of the molecule is c1ccc2c(NC3CN4CCC3CC4)cnnc2c1. The molecule has 0 amide bonds. The lowest BCUT2D eigenvalue weighted by atomic mass is 9.84. The first-order chi connectivity index (χ1) is 9.40. The van der Waals surface area contributed by atoms with Crippen molar-refractivity contribution in [2.75, 3.05) is 25.0 Å². The Kier molecular flexibility index (Phi) is 2.62. The van der Waals surface area contributed by atoms with Crippen LogP contribution >= 0.6 is 0 Å². The van der Waals surface area contributed by atoms with Gasteiger partial charge in [-0.05, 0) is 37.9 Å². The fraction of sp³-hybridized carbons (Fsp3) is 0.467. The largest absolute Gasteiger partial charge is 0.379 e. The van der Waals surface area contributed by atoms with Gasteiger partial charge in [0.1, 0.15) is 0 Å². The van der Waals surface area contributed by atoms with Gasteiger partial charge in [-0.3, -0.25) is 0 Å². The van der Waals surface area contributed by atoms with Crippen molar-refractivity contribution in [3.63, 3.8) is 0 Å². The summed E-state index contributed by atoms with van der Waals surface area (Å²) in [7, 11) is 0. The van der Waals surface area contributed by atoms with Gasteiger partial charge in [-0.2, -0.15) is 10.2 Å². The van der Waals surface area contributed by atoms with Crippen molar-refractivity contribution < 1.29 is 0 Å². The van der Waals surface area contributed by atoms with E-state index in [0.717, 1.165) is 17.1 Å². The lowest BCUT2D eigenvalue weighted by Gasteiger charge is -2.45. The first-order valence-corrected chi connectivity index (χ1v) is 7.09. The molecular weight excluding hydrogens is 236 g/mol. The van der Waals surface area contributed by atoms with E-state index in [1.54, 1.807) is 0 Å². The molecule has 2 aromatic rings. The van der Waals surface area contributed by atoms with Crippen molar-refractivity contribution in [1.29, 1.82) is 0 Å². The summed E-state index contributed by atoms with van der Waals surface area (Å²) >= 11 is 0. The number of nitrogens with zero attached hydrogens (tertiary/aromatic N) is 3. The normalized spacial score (nSPS) is 29.6. The molecule has 3 aliphatic heterocycles. The number of fused-ring (bicyclic) bond motifs is 4. The summed E-state index contributed by atoms with van der Waals surface area (Å²) in [4.78, 5) is 2.56. The molecule has 2 bridgehead atoms. The van der Waals surface area contributed by atoms with Crippen molar-refractivity contribution in [1.82, 2.24) is 15.1 Å². The molecule has 19 heavy (non-hydrogen) atoms. The average Bonchev–Trinajstić information content (AvgIpc) is 2.49. The van der Waals surface area contributed by atoms with Crippen LogP contribution in [0.15, 0.2) is 30.5 Å². The predicted octanol–water partition coefficient (Wildman–Crippen LogP) is 2.14. The zero-order chi connectivity index (χ0) is 12.7. The third-order valence-electron chi connectivity index (χ3n) is 4.54. The second kappa shape index (κ2) is 4.46. The van der Waals surface area contributed by atoms with E-state index < -0.39 is 0 Å². The lowest BCUT2D eigenvalue weighted by Crippen LogP contribution is -2.53. The first-order valence-electron chi connectivity index (χ1n) is 7.09. The van der Waals surface area contributed by atoms with Gasteiger partial charge in [0, 0.05) is 18.0 Å². The van der Waals surface area contributed by atoms with Crippen molar-refractivity contribution >= 4 is 16.6 Å². The smallest absolute Gasteiger partial charge is 0.0950 e. The molecule has 0 aliphatic carbocycles. The molecule has 0 saturated carbocycles. The Labute approximate surface area is 112 Å². The van der Waals surface area contributed by atoms with Crippen LogP contribution in [0.3, 0.4) is 0 Å². The summed E-state index contributed by atoms with van der Waals surface area (Å²) in [6.45, 7) is 3.72. The summed E-state index contributed by atoms with van der Waals surface area (Å²) in [6.07, 6.45) is 4.52. The molecule has 98 valence electrons. The van der Waals surface area contributed by atoms with Crippen LogP contribution in [-0.4, -0.2) is 40.8 Å². The van der Waals surface area contributed by atoms with Gasteiger partial charge in [-0.15, -0.1) is 0 Å². The van der Waals surface area contributed by atoms with E-state index in [0.29, 0.717) is 6.04 Å². The molecule has 0 spiro atoms. The van der Waals surface area contributed by atoms with Gasteiger partial charge in [0.15, 0.2) is 0 Å². The number of hydrogen-bond donors (Lipinski definition) is 1. The molecule has 1 aromatic carbocycles. The minimum absolute atomic E-state index is 0.565.